The number of rotatable bonds is 12. The molecule has 2 aromatic carbocycles. The van der Waals surface area contributed by atoms with Gasteiger partial charge in [-0.25, -0.2) is 0 Å². The molecule has 6 heteroatoms. The molecule has 2 aliphatic rings. The summed E-state index contributed by atoms with van der Waals surface area (Å²) in [6.07, 6.45) is 8.36. The number of aryl methyl sites for hydroxylation is 1. The van der Waals surface area contributed by atoms with Crippen molar-refractivity contribution in [3.63, 3.8) is 0 Å². The Kier molecular flexibility index (Phi) is 10.6. The number of nitrogens with zero attached hydrogens (tertiary/aromatic N) is 2. The van der Waals surface area contributed by atoms with Gasteiger partial charge in [-0.15, -0.1) is 0 Å². The van der Waals surface area contributed by atoms with Crippen LogP contribution in [0.5, 0.6) is 5.75 Å². The summed E-state index contributed by atoms with van der Waals surface area (Å²) in [6.45, 7) is 8.42. The first-order valence-corrected chi connectivity index (χ1v) is 15.5. The van der Waals surface area contributed by atoms with Crippen LogP contribution >= 0.6 is 0 Å². The molecule has 0 radical (unpaired) electrons. The monoisotopic (exact) mass is 562 g/mol. The fraction of sp³-hybridized carbons (Fsp3) is 0.600. The molecule has 1 saturated heterocycles. The zero-order valence-corrected chi connectivity index (χ0v) is 25.9. The lowest BCUT2D eigenvalue weighted by atomic mass is 9.55. The fourth-order valence-electron chi connectivity index (χ4n) is 7.38. The second-order valence-electron chi connectivity index (χ2n) is 12.8. The standard InChI is InChI=1S/C35H50N2O4/c1-27(2)25-37(33(39)18-11-7-10-15-29-13-8-6-9-14-29)31-19-20-35(40-5)26-36(4)22-21-34(35,24-31)30-16-12-17-32(23-30)41-28(3)38/h6,8-9,12-14,16-17,23,27,31H,7,10-11,15,18-22,24-26H2,1-5H3. The summed E-state index contributed by atoms with van der Waals surface area (Å²) in [5.74, 6) is 0.929. The lowest BCUT2D eigenvalue weighted by molar-refractivity contribution is -0.160. The number of hydrogen-bond donors (Lipinski definition) is 0. The quantitative estimate of drug-likeness (QED) is 0.170. The third-order valence-corrected chi connectivity index (χ3v) is 9.34. The average molecular weight is 563 g/mol. The van der Waals surface area contributed by atoms with E-state index in [0.29, 0.717) is 18.1 Å². The molecule has 4 rings (SSSR count). The Morgan fingerprint density at radius 1 is 1.05 bits per heavy atom. The number of hydrogen-bond acceptors (Lipinski definition) is 5. The molecule has 0 spiro atoms. The van der Waals surface area contributed by atoms with E-state index in [0.717, 1.165) is 76.6 Å². The van der Waals surface area contributed by atoms with E-state index in [1.807, 2.05) is 25.3 Å². The van der Waals surface area contributed by atoms with Crippen LogP contribution in [-0.4, -0.2) is 67.1 Å². The summed E-state index contributed by atoms with van der Waals surface area (Å²) in [6, 6.07) is 18.8. The van der Waals surface area contributed by atoms with Crippen molar-refractivity contribution in [1.29, 1.82) is 0 Å². The average Bonchev–Trinajstić information content (AvgIpc) is 2.95. The molecule has 1 heterocycles. The van der Waals surface area contributed by atoms with Crippen molar-refractivity contribution < 1.29 is 19.1 Å². The highest BCUT2D eigenvalue weighted by Gasteiger charge is 2.59. The van der Waals surface area contributed by atoms with Gasteiger partial charge in [0.05, 0.1) is 5.60 Å². The van der Waals surface area contributed by atoms with E-state index < -0.39 is 0 Å². The number of benzene rings is 2. The minimum atomic E-state index is -0.366. The number of carbonyl (C=O) groups is 2. The van der Waals surface area contributed by atoms with E-state index in [9.17, 15) is 9.59 Å². The largest absolute Gasteiger partial charge is 0.427 e. The van der Waals surface area contributed by atoms with Crippen LogP contribution in [0.3, 0.4) is 0 Å². The lowest BCUT2D eigenvalue weighted by Crippen LogP contribution is -2.67. The molecule has 224 valence electrons. The summed E-state index contributed by atoms with van der Waals surface area (Å²) in [4.78, 5) is 30.2. The highest BCUT2D eigenvalue weighted by atomic mass is 16.5. The van der Waals surface area contributed by atoms with Gasteiger partial charge in [0, 0.05) is 45.0 Å². The molecule has 0 aromatic heterocycles. The molecule has 0 bridgehead atoms. The second kappa shape index (κ2) is 14.0. The highest BCUT2D eigenvalue weighted by molar-refractivity contribution is 5.76. The Balaban J connectivity index is 1.54. The molecule has 3 unspecified atom stereocenters. The maximum atomic E-state index is 13.8. The third kappa shape index (κ3) is 7.39. The van der Waals surface area contributed by atoms with Gasteiger partial charge in [-0.2, -0.15) is 0 Å². The van der Waals surface area contributed by atoms with Crippen LogP contribution in [0, 0.1) is 5.92 Å². The van der Waals surface area contributed by atoms with E-state index in [4.69, 9.17) is 9.47 Å². The fourth-order valence-corrected chi connectivity index (χ4v) is 7.38. The molecule has 1 aliphatic heterocycles. The van der Waals surface area contributed by atoms with Crippen molar-refractivity contribution in [2.24, 2.45) is 5.92 Å². The first-order valence-electron chi connectivity index (χ1n) is 15.5. The van der Waals surface area contributed by atoms with Crippen molar-refractivity contribution in [2.45, 2.75) is 95.6 Å². The Morgan fingerprint density at radius 3 is 2.54 bits per heavy atom. The summed E-state index contributed by atoms with van der Waals surface area (Å²) in [7, 11) is 4.01. The van der Waals surface area contributed by atoms with Crippen LogP contribution in [0.4, 0.5) is 0 Å². The third-order valence-electron chi connectivity index (χ3n) is 9.34. The van der Waals surface area contributed by atoms with Gasteiger partial charge in [0.2, 0.25) is 5.91 Å². The van der Waals surface area contributed by atoms with Gasteiger partial charge in [0.1, 0.15) is 5.75 Å². The van der Waals surface area contributed by atoms with Crippen LogP contribution in [0.1, 0.15) is 83.3 Å². The number of esters is 1. The summed E-state index contributed by atoms with van der Waals surface area (Å²) in [5.41, 5.74) is 1.87. The SMILES string of the molecule is COC12CCC(N(CC(C)C)C(=O)CCCCCc3ccccc3)CC1(c1cccc(OC(C)=O)c1)CCN(C)C2. The molecule has 2 aromatic rings. The van der Waals surface area contributed by atoms with Crippen LogP contribution in [0.15, 0.2) is 54.6 Å². The van der Waals surface area contributed by atoms with Gasteiger partial charge in [-0.05, 0) is 87.7 Å². The van der Waals surface area contributed by atoms with E-state index >= 15 is 0 Å². The second-order valence-corrected chi connectivity index (χ2v) is 12.8. The molecule has 2 fully saturated rings. The number of amides is 1. The van der Waals surface area contributed by atoms with Crippen molar-refractivity contribution in [2.75, 3.05) is 33.8 Å². The predicted octanol–water partition coefficient (Wildman–Crippen LogP) is 6.41. The van der Waals surface area contributed by atoms with Gasteiger partial charge < -0.3 is 19.3 Å². The lowest BCUT2D eigenvalue weighted by Gasteiger charge is -2.60. The molecule has 1 amide bonds. The molecule has 6 nitrogen and oxygen atoms in total. The Hall–Kier alpha value is -2.70. The number of methoxy groups -OCH3 is 1. The van der Waals surface area contributed by atoms with Gasteiger partial charge in [0.15, 0.2) is 0 Å². The van der Waals surface area contributed by atoms with Gasteiger partial charge in [-0.3, -0.25) is 9.59 Å². The molecular weight excluding hydrogens is 512 g/mol. The number of unbranched alkanes of at least 4 members (excludes halogenated alkanes) is 2. The number of likely N-dealkylation sites (N-methyl/N-ethyl adjacent to an activating group) is 1. The van der Waals surface area contributed by atoms with Crippen LogP contribution in [0.25, 0.3) is 0 Å². The topological polar surface area (TPSA) is 59.1 Å². The molecule has 41 heavy (non-hydrogen) atoms. The van der Waals surface area contributed by atoms with Gasteiger partial charge in [-0.1, -0.05) is 62.7 Å². The van der Waals surface area contributed by atoms with E-state index in [1.54, 1.807) is 0 Å². The minimum absolute atomic E-state index is 0.151. The van der Waals surface area contributed by atoms with Crippen LogP contribution < -0.4 is 4.74 Å². The Labute approximate surface area is 247 Å². The zero-order chi connectivity index (χ0) is 29.5. The van der Waals surface area contributed by atoms with Crippen molar-refractivity contribution in [3.05, 3.63) is 65.7 Å². The predicted molar refractivity (Wildman–Crippen MR) is 164 cm³/mol. The Bertz CT molecular complexity index is 1150. The smallest absolute Gasteiger partial charge is 0.308 e. The molecule has 1 saturated carbocycles. The number of piperidine rings is 1. The van der Waals surface area contributed by atoms with Crippen LogP contribution in [-0.2, 0) is 26.2 Å². The Morgan fingerprint density at radius 2 is 1.83 bits per heavy atom. The first kappa shape index (κ1) is 31.2. The summed E-state index contributed by atoms with van der Waals surface area (Å²) in [5, 5.41) is 0. The minimum Gasteiger partial charge on any atom is -0.427 e. The maximum Gasteiger partial charge on any atom is 0.308 e. The van der Waals surface area contributed by atoms with Gasteiger partial charge in [0.25, 0.3) is 0 Å². The number of likely N-dealkylation sites (tertiary alicyclic amines) is 1. The molecule has 3 atom stereocenters. The summed E-state index contributed by atoms with van der Waals surface area (Å²) >= 11 is 0. The zero-order valence-electron chi connectivity index (χ0n) is 25.9. The van der Waals surface area contributed by atoms with E-state index in [-0.39, 0.29) is 28.9 Å². The van der Waals surface area contributed by atoms with Gasteiger partial charge >= 0.3 is 5.97 Å². The first-order chi connectivity index (χ1) is 19.7. The maximum absolute atomic E-state index is 13.8. The number of fused-ring (bicyclic) bond motifs is 1. The van der Waals surface area contributed by atoms with Crippen molar-refractivity contribution in [3.8, 4) is 5.75 Å². The van der Waals surface area contributed by atoms with Crippen molar-refractivity contribution in [1.82, 2.24) is 9.80 Å². The molecular formula is C35H50N2O4. The van der Waals surface area contributed by atoms with E-state index in [2.05, 4.69) is 67.1 Å². The highest BCUT2D eigenvalue weighted by Crippen LogP contribution is 2.54. The number of ether oxygens (including phenoxy) is 2. The van der Waals surface area contributed by atoms with Crippen LogP contribution in [0.2, 0.25) is 0 Å². The summed E-state index contributed by atoms with van der Waals surface area (Å²) < 4.78 is 12.0. The molecule has 0 N–H and O–H groups in total. The number of carbonyl (C=O) groups excluding carboxylic acids is 2. The van der Waals surface area contributed by atoms with E-state index in [1.165, 1.54) is 12.5 Å². The molecule has 1 aliphatic carbocycles. The van der Waals surface area contributed by atoms with Crippen molar-refractivity contribution >= 4 is 11.9 Å². The normalized spacial score (nSPS) is 24.6.